The lowest BCUT2D eigenvalue weighted by Crippen LogP contribution is -2.67. The molecule has 0 saturated carbocycles. The number of epoxide rings is 1. The van der Waals surface area contributed by atoms with Crippen LogP contribution in [0.1, 0.15) is 34.1 Å². The Hall–Kier alpha value is -0.693. The fraction of sp³-hybridized carbons (Fsp3) is 0.455. The van der Waals surface area contributed by atoms with Gasteiger partial charge < -0.3 is 9.16 Å². The molecule has 4 heteroatoms. The summed E-state index contributed by atoms with van der Waals surface area (Å²) in [4.78, 5) is 0. The van der Waals surface area contributed by atoms with Gasteiger partial charge in [0.25, 0.3) is 8.32 Å². The number of ether oxygens (including phenoxy) is 1. The zero-order chi connectivity index (χ0) is 18.8. The lowest BCUT2D eigenvalue weighted by atomic mass is 10.2. The predicted octanol–water partition coefficient (Wildman–Crippen LogP) is 4.54. The molecule has 2 aromatic rings. The van der Waals surface area contributed by atoms with Gasteiger partial charge in [-0.15, -0.1) is 0 Å². The summed E-state index contributed by atoms with van der Waals surface area (Å²) < 4.78 is 13.9. The average Bonchev–Trinajstić information content (AvgIpc) is 3.38. The topological polar surface area (TPSA) is 21.8 Å². The number of hydrogen-bond donors (Lipinski definition) is 0. The van der Waals surface area contributed by atoms with E-state index in [0.717, 1.165) is 10.8 Å². The molecule has 1 aliphatic rings. The third-order valence-corrected chi connectivity index (χ3v) is 11.2. The fourth-order valence-corrected chi connectivity index (χ4v) is 9.38. The Kier molecular flexibility index (Phi) is 6.27. The van der Waals surface area contributed by atoms with Crippen molar-refractivity contribution in [1.29, 1.82) is 0 Å². The molecule has 1 heterocycles. The van der Waals surface area contributed by atoms with E-state index in [4.69, 9.17) is 9.16 Å². The lowest BCUT2D eigenvalue weighted by molar-refractivity contribution is 0.182. The van der Waals surface area contributed by atoms with Crippen LogP contribution in [0, 0.1) is 0 Å². The SMILES string of the molecule is C[C@H](C[C@@H]1O[C@H]1CI)O[Si](c1ccccc1)(c1ccccc1)C(C)(C)C. The maximum atomic E-state index is 7.07. The molecule has 1 aliphatic heterocycles. The van der Waals surface area contributed by atoms with E-state index < -0.39 is 8.32 Å². The van der Waals surface area contributed by atoms with Gasteiger partial charge in [-0.25, -0.2) is 0 Å². The fourth-order valence-electron chi connectivity index (χ4n) is 3.89. The third kappa shape index (κ3) is 4.08. The van der Waals surface area contributed by atoms with Gasteiger partial charge in [-0.2, -0.15) is 0 Å². The molecule has 0 N–H and O–H groups in total. The number of alkyl halides is 1. The van der Waals surface area contributed by atoms with Crippen LogP contribution in [0.15, 0.2) is 60.7 Å². The van der Waals surface area contributed by atoms with Crippen LogP contribution in [0.5, 0.6) is 0 Å². The molecule has 0 aliphatic carbocycles. The van der Waals surface area contributed by atoms with E-state index >= 15 is 0 Å². The second-order valence-corrected chi connectivity index (χ2v) is 13.3. The van der Waals surface area contributed by atoms with Gasteiger partial charge in [-0.1, -0.05) is 104 Å². The van der Waals surface area contributed by atoms with Crippen LogP contribution in [0.4, 0.5) is 0 Å². The maximum Gasteiger partial charge on any atom is 0.261 e. The Morgan fingerprint density at radius 3 is 1.85 bits per heavy atom. The van der Waals surface area contributed by atoms with Crippen LogP contribution >= 0.6 is 22.6 Å². The predicted molar refractivity (Wildman–Crippen MR) is 120 cm³/mol. The summed E-state index contributed by atoms with van der Waals surface area (Å²) >= 11 is 2.40. The summed E-state index contributed by atoms with van der Waals surface area (Å²) in [5.74, 6) is 0. The molecule has 0 unspecified atom stereocenters. The minimum Gasteiger partial charge on any atom is -0.405 e. The van der Waals surface area contributed by atoms with E-state index in [1.807, 2.05) is 0 Å². The van der Waals surface area contributed by atoms with Crippen LogP contribution in [-0.2, 0) is 9.16 Å². The van der Waals surface area contributed by atoms with Gasteiger partial charge in [-0.3, -0.25) is 0 Å². The van der Waals surface area contributed by atoms with Crippen molar-refractivity contribution in [3.8, 4) is 0 Å². The molecule has 0 amide bonds. The van der Waals surface area contributed by atoms with Crippen molar-refractivity contribution in [2.45, 2.75) is 57.5 Å². The van der Waals surface area contributed by atoms with Crippen molar-refractivity contribution in [2.75, 3.05) is 4.43 Å². The highest BCUT2D eigenvalue weighted by molar-refractivity contribution is 14.1. The first-order valence-electron chi connectivity index (χ1n) is 9.39. The largest absolute Gasteiger partial charge is 0.405 e. The molecule has 1 saturated heterocycles. The molecule has 3 rings (SSSR count). The number of hydrogen-bond acceptors (Lipinski definition) is 2. The van der Waals surface area contributed by atoms with Gasteiger partial charge in [-0.05, 0) is 22.3 Å². The zero-order valence-electron chi connectivity index (χ0n) is 16.1. The molecule has 3 atom stereocenters. The first-order chi connectivity index (χ1) is 12.4. The number of rotatable bonds is 7. The molecule has 2 aromatic carbocycles. The molecule has 26 heavy (non-hydrogen) atoms. The minimum absolute atomic E-state index is 0.0248. The maximum absolute atomic E-state index is 7.07. The van der Waals surface area contributed by atoms with Crippen LogP contribution < -0.4 is 10.4 Å². The standard InChI is InChI=1S/C22H29IO2Si/c1-17(15-20-21(16-23)24-20)25-26(22(2,3)4,18-11-7-5-8-12-18)19-13-9-6-10-14-19/h5-14,17,20-21H,15-16H2,1-4H3/t17-,20+,21+/m1/s1. The molecular formula is C22H29IO2Si. The van der Waals surface area contributed by atoms with Crippen molar-refractivity contribution in [1.82, 2.24) is 0 Å². The summed E-state index contributed by atoms with van der Waals surface area (Å²) in [6.45, 7) is 9.19. The van der Waals surface area contributed by atoms with Crippen molar-refractivity contribution >= 4 is 41.3 Å². The van der Waals surface area contributed by atoms with Crippen molar-refractivity contribution in [3.63, 3.8) is 0 Å². The summed E-state index contributed by atoms with van der Waals surface area (Å²) in [6, 6.07) is 21.7. The van der Waals surface area contributed by atoms with E-state index in [0.29, 0.717) is 12.2 Å². The van der Waals surface area contributed by atoms with Crippen LogP contribution in [0.3, 0.4) is 0 Å². The minimum atomic E-state index is -2.44. The Bertz CT molecular complexity index is 660. The van der Waals surface area contributed by atoms with Gasteiger partial charge in [0.15, 0.2) is 0 Å². The molecule has 1 fully saturated rings. The monoisotopic (exact) mass is 480 g/mol. The van der Waals surface area contributed by atoms with E-state index in [1.165, 1.54) is 10.4 Å². The highest BCUT2D eigenvalue weighted by atomic mass is 127. The smallest absolute Gasteiger partial charge is 0.261 e. The highest BCUT2D eigenvalue weighted by Gasteiger charge is 2.51. The summed E-state index contributed by atoms with van der Waals surface area (Å²) in [5.41, 5.74) is 0. The normalized spacial score (nSPS) is 21.4. The van der Waals surface area contributed by atoms with Crippen LogP contribution in [0.25, 0.3) is 0 Å². The molecule has 2 nitrogen and oxygen atoms in total. The van der Waals surface area contributed by atoms with Crippen molar-refractivity contribution < 1.29 is 9.16 Å². The molecule has 0 bridgehead atoms. The Morgan fingerprint density at radius 1 is 0.962 bits per heavy atom. The molecule has 0 spiro atoms. The third-order valence-electron chi connectivity index (χ3n) is 5.20. The second kappa shape index (κ2) is 8.13. The van der Waals surface area contributed by atoms with Gasteiger partial charge in [0.1, 0.15) is 0 Å². The lowest BCUT2D eigenvalue weighted by Gasteiger charge is -2.44. The zero-order valence-corrected chi connectivity index (χ0v) is 19.3. The van der Waals surface area contributed by atoms with Crippen molar-refractivity contribution in [3.05, 3.63) is 60.7 Å². The average molecular weight is 480 g/mol. The van der Waals surface area contributed by atoms with Crippen molar-refractivity contribution in [2.24, 2.45) is 0 Å². The first-order valence-corrected chi connectivity index (χ1v) is 12.8. The van der Waals surface area contributed by atoms with Gasteiger partial charge >= 0.3 is 0 Å². The summed E-state index contributed by atoms with van der Waals surface area (Å²) in [6.07, 6.45) is 1.92. The Balaban J connectivity index is 2.00. The quantitative estimate of drug-likeness (QED) is 0.251. The molecular weight excluding hydrogens is 451 g/mol. The molecule has 0 radical (unpaired) electrons. The Morgan fingerprint density at radius 2 is 1.46 bits per heavy atom. The van der Waals surface area contributed by atoms with E-state index in [-0.39, 0.29) is 11.1 Å². The van der Waals surface area contributed by atoms with Gasteiger partial charge in [0, 0.05) is 17.0 Å². The highest BCUT2D eigenvalue weighted by Crippen LogP contribution is 2.39. The van der Waals surface area contributed by atoms with E-state index in [9.17, 15) is 0 Å². The van der Waals surface area contributed by atoms with Gasteiger partial charge in [0.05, 0.1) is 12.2 Å². The van der Waals surface area contributed by atoms with E-state index in [1.54, 1.807) is 0 Å². The van der Waals surface area contributed by atoms with Gasteiger partial charge in [0.2, 0.25) is 0 Å². The number of benzene rings is 2. The Labute approximate surface area is 172 Å². The second-order valence-electron chi connectivity index (χ2n) is 8.19. The van der Waals surface area contributed by atoms with E-state index in [2.05, 4.69) is 111 Å². The summed E-state index contributed by atoms with van der Waals surface area (Å²) in [5, 5.41) is 2.71. The molecule has 140 valence electrons. The summed E-state index contributed by atoms with van der Waals surface area (Å²) in [7, 11) is -2.44. The van der Waals surface area contributed by atoms with Crippen LogP contribution in [0.2, 0.25) is 5.04 Å². The first kappa shape index (κ1) is 20.1. The number of halogens is 1. The molecule has 0 aromatic heterocycles. The van der Waals surface area contributed by atoms with Crippen LogP contribution in [-0.4, -0.2) is 31.1 Å².